The van der Waals surface area contributed by atoms with Crippen molar-refractivity contribution in [2.75, 3.05) is 42.2 Å². The van der Waals surface area contributed by atoms with Crippen molar-refractivity contribution in [3.05, 3.63) is 53.6 Å². The van der Waals surface area contributed by atoms with Gasteiger partial charge in [-0.2, -0.15) is 5.10 Å². The fourth-order valence-corrected chi connectivity index (χ4v) is 8.37. The predicted octanol–water partition coefficient (Wildman–Crippen LogP) is 12.3. The van der Waals surface area contributed by atoms with E-state index in [2.05, 4.69) is 76.6 Å². The van der Waals surface area contributed by atoms with Crippen LogP contribution in [0.5, 0.6) is 0 Å². The summed E-state index contributed by atoms with van der Waals surface area (Å²) in [4.78, 5) is 84.1. The largest absolute Gasteiger partial charge is 0.338 e. The first-order valence-electron chi connectivity index (χ1n) is 25.5. The molecule has 4 unspecified atom stereocenters. The molecule has 0 aliphatic carbocycles. The van der Waals surface area contributed by atoms with Crippen LogP contribution >= 0.6 is 0 Å². The van der Waals surface area contributed by atoms with Gasteiger partial charge in [0.15, 0.2) is 11.5 Å². The zero-order valence-corrected chi connectivity index (χ0v) is 42.5. The van der Waals surface area contributed by atoms with Crippen molar-refractivity contribution in [3.63, 3.8) is 0 Å². The Kier molecular flexibility index (Phi) is 27.7. The van der Waals surface area contributed by atoms with Gasteiger partial charge < -0.3 is 20.4 Å². The van der Waals surface area contributed by atoms with Crippen LogP contribution in [0.1, 0.15) is 199 Å². The Balaban J connectivity index is 2.74. The summed E-state index contributed by atoms with van der Waals surface area (Å²) in [6.45, 7) is 22.6. The molecule has 0 bridgehead atoms. The van der Waals surface area contributed by atoms with Crippen molar-refractivity contribution in [2.45, 2.75) is 178 Å². The van der Waals surface area contributed by atoms with Crippen LogP contribution in [-0.4, -0.2) is 76.9 Å². The number of hydrazone groups is 1. The van der Waals surface area contributed by atoms with E-state index < -0.39 is 23.3 Å². The van der Waals surface area contributed by atoms with E-state index in [-0.39, 0.29) is 24.0 Å². The number of anilines is 3. The van der Waals surface area contributed by atoms with Gasteiger partial charge in [0, 0.05) is 55.6 Å². The maximum Gasteiger partial charge on any atom is 0.279 e. The van der Waals surface area contributed by atoms with Crippen molar-refractivity contribution in [2.24, 2.45) is 28.8 Å². The number of rotatable bonds is 34. The topological polar surface area (TPSA) is 157 Å². The highest BCUT2D eigenvalue weighted by molar-refractivity contribution is 6.67. The van der Waals surface area contributed by atoms with Crippen LogP contribution in [0.15, 0.2) is 47.6 Å². The summed E-state index contributed by atoms with van der Waals surface area (Å²) in [7, 11) is 0. The summed E-state index contributed by atoms with van der Waals surface area (Å²) in [6.07, 6.45) is 16.4. The number of unbranched alkanes of at least 4 members (excludes halogenated alkanes) is 4. The van der Waals surface area contributed by atoms with E-state index in [0.29, 0.717) is 78.0 Å². The van der Waals surface area contributed by atoms with E-state index in [1.807, 2.05) is 9.80 Å². The summed E-state index contributed by atoms with van der Waals surface area (Å²) in [5.74, 6) is -1.04. The highest BCUT2D eigenvalue weighted by Gasteiger charge is 2.27. The molecule has 2 rings (SSSR count). The van der Waals surface area contributed by atoms with E-state index in [4.69, 9.17) is 0 Å². The minimum absolute atomic E-state index is 0.151. The molecule has 3 N–H and O–H groups in total. The third kappa shape index (κ3) is 20.7. The second kappa shape index (κ2) is 31.9. The monoisotopic (exact) mass is 915 g/mol. The molecule has 0 spiro atoms. The molecule has 0 fully saturated rings. The molecule has 0 aliphatic rings. The summed E-state index contributed by atoms with van der Waals surface area (Å²) in [5.41, 5.74) is 4.32. The molecule has 12 heteroatoms. The third-order valence-electron chi connectivity index (χ3n) is 12.8. The highest BCUT2D eigenvalue weighted by Crippen LogP contribution is 2.26. The first-order chi connectivity index (χ1) is 31.7. The molecular weight excluding hydrogens is 829 g/mol. The average Bonchev–Trinajstić information content (AvgIpc) is 3.30. The number of amides is 4. The zero-order valence-electron chi connectivity index (χ0n) is 42.5. The Bertz CT molecular complexity index is 1740. The predicted molar refractivity (Wildman–Crippen MR) is 272 cm³/mol. The molecule has 0 radical (unpaired) electrons. The lowest BCUT2D eigenvalue weighted by Gasteiger charge is -2.32. The number of hydrogen-bond acceptors (Lipinski definition) is 8. The van der Waals surface area contributed by atoms with E-state index >= 15 is 9.59 Å². The van der Waals surface area contributed by atoms with Gasteiger partial charge in [-0.3, -0.25) is 34.2 Å². The van der Waals surface area contributed by atoms with Crippen LogP contribution in [0.2, 0.25) is 0 Å². The Morgan fingerprint density at radius 2 is 0.879 bits per heavy atom. The number of carbonyl (C=O) groups excluding carboxylic acids is 6. The number of Topliss-reactive ketones (excluding diaryl/α,β-unsaturated/α-hetero) is 2. The van der Waals surface area contributed by atoms with Crippen LogP contribution in [0.4, 0.5) is 17.1 Å². The lowest BCUT2D eigenvalue weighted by Crippen LogP contribution is -2.40. The normalized spacial score (nSPS) is 13.3. The molecule has 4 atom stereocenters. The molecule has 0 aromatic heterocycles. The summed E-state index contributed by atoms with van der Waals surface area (Å²) in [6, 6.07) is 11.4. The standard InChI is InChI=1S/C54H86N6O6/c1-11-19-23-41(15-5)35-59(36-42(16-6)24-20-12-2)53(65)45-32-46(54(66)60(37-43(17-7)25-21-13-3)38-44(18-8)26-22-14-4)34-49(33-45)57-58-51(40(10)62)52(64)56-48-29-27-47(28-30-48)55-50(63)31-39(9)61/h27-30,32-34,41-44,57H,11-26,31,35-38H2,1-10H3,(H,55,63)(H,56,64)/b58-51-. The maximum atomic E-state index is 15.0. The zero-order chi connectivity index (χ0) is 49.0. The number of carbonyl (C=O) groups is 6. The fraction of sp³-hybridized carbons (Fsp3) is 0.648. The first kappa shape index (κ1) is 57.3. The number of ketones is 2. The van der Waals surface area contributed by atoms with Crippen LogP contribution in [0.25, 0.3) is 0 Å². The summed E-state index contributed by atoms with van der Waals surface area (Å²) < 4.78 is 0. The Labute approximate surface area is 398 Å². The van der Waals surface area contributed by atoms with Gasteiger partial charge in [0.25, 0.3) is 17.7 Å². The van der Waals surface area contributed by atoms with Gasteiger partial charge >= 0.3 is 0 Å². The van der Waals surface area contributed by atoms with Gasteiger partial charge in [0.05, 0.1) is 12.1 Å². The average molecular weight is 915 g/mol. The molecule has 0 saturated heterocycles. The van der Waals surface area contributed by atoms with Crippen molar-refractivity contribution < 1.29 is 28.8 Å². The molecule has 368 valence electrons. The Morgan fingerprint density at radius 1 is 0.515 bits per heavy atom. The number of nitrogens with one attached hydrogen (secondary N) is 3. The van der Waals surface area contributed by atoms with Gasteiger partial charge in [0.1, 0.15) is 5.78 Å². The minimum atomic E-state index is -0.769. The second-order valence-electron chi connectivity index (χ2n) is 18.5. The van der Waals surface area contributed by atoms with Crippen LogP contribution < -0.4 is 16.1 Å². The molecule has 4 amide bonds. The van der Waals surface area contributed by atoms with Crippen LogP contribution in [0.3, 0.4) is 0 Å². The first-order valence-corrected chi connectivity index (χ1v) is 25.5. The molecule has 12 nitrogen and oxygen atoms in total. The number of nitrogens with zero attached hydrogens (tertiary/aromatic N) is 3. The van der Waals surface area contributed by atoms with Crippen LogP contribution in [-0.2, 0) is 19.2 Å². The van der Waals surface area contributed by atoms with Crippen molar-refractivity contribution in [1.82, 2.24) is 9.80 Å². The lowest BCUT2D eigenvalue weighted by molar-refractivity contribution is -0.124. The maximum absolute atomic E-state index is 15.0. The molecule has 0 saturated carbocycles. The minimum Gasteiger partial charge on any atom is -0.338 e. The molecular formula is C54H86N6O6. The van der Waals surface area contributed by atoms with Gasteiger partial charge in [0.2, 0.25) is 5.91 Å². The molecule has 66 heavy (non-hydrogen) atoms. The smallest absolute Gasteiger partial charge is 0.279 e. The Morgan fingerprint density at radius 3 is 1.20 bits per heavy atom. The number of hydrogen-bond donors (Lipinski definition) is 3. The van der Waals surface area contributed by atoms with Gasteiger partial charge in [-0.15, -0.1) is 0 Å². The quantitative estimate of drug-likeness (QED) is 0.0358. The highest BCUT2D eigenvalue weighted by atomic mass is 16.2. The SMILES string of the molecule is CCCCC(CC)CN(CC(CC)CCCC)C(=O)c1cc(N/N=C(/C(C)=O)C(=O)Nc2ccc(NC(=O)CC(C)=O)cc2)cc(C(=O)N(CC(CC)CCCC)CC(CC)CCCC)c1. The van der Waals surface area contributed by atoms with Crippen molar-refractivity contribution >= 4 is 58.0 Å². The molecule has 2 aromatic carbocycles. The van der Waals surface area contributed by atoms with Crippen molar-refractivity contribution in [3.8, 4) is 0 Å². The molecule has 0 aliphatic heterocycles. The Hall–Kier alpha value is -4.87. The van der Waals surface area contributed by atoms with E-state index in [0.717, 1.165) is 103 Å². The summed E-state index contributed by atoms with van der Waals surface area (Å²) >= 11 is 0. The number of benzene rings is 2. The third-order valence-corrected chi connectivity index (χ3v) is 12.8. The second-order valence-corrected chi connectivity index (χ2v) is 18.5. The fourth-order valence-electron chi connectivity index (χ4n) is 8.37. The summed E-state index contributed by atoms with van der Waals surface area (Å²) in [5, 5.41) is 9.64. The van der Waals surface area contributed by atoms with Crippen molar-refractivity contribution in [1.29, 1.82) is 0 Å². The van der Waals surface area contributed by atoms with Gasteiger partial charge in [-0.25, -0.2) is 0 Å². The van der Waals surface area contributed by atoms with Gasteiger partial charge in [-0.05, 0) is 98.7 Å². The van der Waals surface area contributed by atoms with E-state index in [1.54, 1.807) is 42.5 Å². The van der Waals surface area contributed by atoms with Gasteiger partial charge in [-0.1, -0.05) is 132 Å². The van der Waals surface area contributed by atoms with Crippen LogP contribution in [0, 0.1) is 23.7 Å². The van der Waals surface area contributed by atoms with E-state index in [1.165, 1.54) is 13.8 Å². The van der Waals surface area contributed by atoms with E-state index in [9.17, 15) is 19.2 Å². The lowest BCUT2D eigenvalue weighted by atomic mass is 9.94. The molecule has 2 aromatic rings. The molecule has 0 heterocycles.